The lowest BCUT2D eigenvalue weighted by atomic mass is 9.58. The molecule has 0 spiro atoms. The number of hydrogen-bond donors (Lipinski definition) is 1. The number of ether oxygens (including phenoxy) is 2. The van der Waals surface area contributed by atoms with Crippen LogP contribution in [0.4, 0.5) is 0 Å². The van der Waals surface area contributed by atoms with Gasteiger partial charge < -0.3 is 14.8 Å². The van der Waals surface area contributed by atoms with Crippen molar-refractivity contribution in [1.82, 2.24) is 5.32 Å². The summed E-state index contributed by atoms with van der Waals surface area (Å²) in [5.41, 5.74) is 0. The van der Waals surface area contributed by atoms with E-state index in [1.165, 1.54) is 7.11 Å². The van der Waals surface area contributed by atoms with Crippen LogP contribution in [0.3, 0.4) is 0 Å². The Labute approximate surface area is 84.0 Å². The number of rotatable bonds is 3. The van der Waals surface area contributed by atoms with Gasteiger partial charge in [0.25, 0.3) is 0 Å². The maximum atomic E-state index is 11.5. The van der Waals surface area contributed by atoms with Crippen LogP contribution in [-0.2, 0) is 14.3 Å². The molecule has 80 valence electrons. The summed E-state index contributed by atoms with van der Waals surface area (Å²) < 4.78 is 9.96. The number of carbonyl (C=O) groups is 1. The van der Waals surface area contributed by atoms with Crippen molar-refractivity contribution in [1.29, 1.82) is 0 Å². The molecule has 0 unspecified atom stereocenters. The van der Waals surface area contributed by atoms with Crippen molar-refractivity contribution in [2.24, 2.45) is 23.7 Å². The Hall–Kier alpha value is -0.610. The molecule has 1 N–H and O–H groups in total. The Morgan fingerprint density at radius 3 is 2.71 bits per heavy atom. The van der Waals surface area contributed by atoms with Crippen LogP contribution in [0, 0.1) is 23.7 Å². The highest BCUT2D eigenvalue weighted by molar-refractivity contribution is 5.74. The third-order valence-electron chi connectivity index (χ3n) is 3.61. The first-order valence-electron chi connectivity index (χ1n) is 5.07. The third-order valence-corrected chi connectivity index (χ3v) is 3.61. The Morgan fingerprint density at radius 1 is 1.36 bits per heavy atom. The molecular weight excluding hydrogens is 182 g/mol. The van der Waals surface area contributed by atoms with Crippen molar-refractivity contribution in [3.63, 3.8) is 0 Å². The summed E-state index contributed by atoms with van der Waals surface area (Å²) in [5, 5.41) is 3.32. The van der Waals surface area contributed by atoms with Gasteiger partial charge in [-0.15, -0.1) is 0 Å². The quantitative estimate of drug-likeness (QED) is 0.644. The van der Waals surface area contributed by atoms with E-state index in [1.54, 1.807) is 7.11 Å². The first-order chi connectivity index (χ1) is 6.79. The van der Waals surface area contributed by atoms with Crippen molar-refractivity contribution < 1.29 is 14.3 Å². The second-order valence-corrected chi connectivity index (χ2v) is 4.15. The number of fused-ring (bicyclic) bond motifs is 1. The lowest BCUT2D eigenvalue weighted by molar-refractivity contribution is -0.162. The third kappa shape index (κ3) is 1.33. The number of carbonyl (C=O) groups excluding carboxylic acids is 1. The molecule has 0 radical (unpaired) electrons. The van der Waals surface area contributed by atoms with Crippen molar-refractivity contribution in [2.45, 2.75) is 0 Å². The molecule has 0 bridgehead atoms. The van der Waals surface area contributed by atoms with E-state index < -0.39 is 0 Å². The van der Waals surface area contributed by atoms with Gasteiger partial charge in [0.2, 0.25) is 0 Å². The average molecular weight is 199 g/mol. The van der Waals surface area contributed by atoms with E-state index >= 15 is 0 Å². The van der Waals surface area contributed by atoms with Crippen molar-refractivity contribution >= 4 is 5.97 Å². The van der Waals surface area contributed by atoms with Gasteiger partial charge in [-0.2, -0.15) is 0 Å². The number of nitrogens with one attached hydrogen (secondary N) is 1. The van der Waals surface area contributed by atoms with E-state index in [4.69, 9.17) is 9.47 Å². The van der Waals surface area contributed by atoms with Gasteiger partial charge in [0.15, 0.2) is 0 Å². The molecule has 1 saturated carbocycles. The first kappa shape index (κ1) is 9.93. The van der Waals surface area contributed by atoms with Crippen LogP contribution < -0.4 is 5.32 Å². The molecule has 4 atom stereocenters. The normalized spacial score (nSPS) is 40.1. The summed E-state index contributed by atoms with van der Waals surface area (Å²) in [6, 6.07) is 0. The summed E-state index contributed by atoms with van der Waals surface area (Å²) >= 11 is 0. The smallest absolute Gasteiger partial charge is 0.309 e. The molecule has 0 aromatic heterocycles. The van der Waals surface area contributed by atoms with Gasteiger partial charge in [-0.1, -0.05) is 0 Å². The van der Waals surface area contributed by atoms with E-state index in [0.717, 1.165) is 13.1 Å². The predicted molar refractivity (Wildman–Crippen MR) is 50.7 cm³/mol. The summed E-state index contributed by atoms with van der Waals surface area (Å²) in [5.74, 6) is 1.42. The minimum Gasteiger partial charge on any atom is -0.469 e. The second kappa shape index (κ2) is 3.87. The highest BCUT2D eigenvalue weighted by atomic mass is 16.5. The molecule has 1 aliphatic carbocycles. The molecule has 0 aromatic carbocycles. The molecule has 2 fully saturated rings. The highest BCUT2D eigenvalue weighted by Gasteiger charge is 2.56. The molecule has 4 nitrogen and oxygen atoms in total. The second-order valence-electron chi connectivity index (χ2n) is 4.15. The van der Waals surface area contributed by atoms with Crippen LogP contribution >= 0.6 is 0 Å². The predicted octanol–water partition coefficient (Wildman–Crippen LogP) is -0.113. The zero-order chi connectivity index (χ0) is 10.1. The summed E-state index contributed by atoms with van der Waals surface area (Å²) in [6.45, 7) is 2.64. The molecule has 2 aliphatic rings. The van der Waals surface area contributed by atoms with Gasteiger partial charge in [0, 0.05) is 13.0 Å². The van der Waals surface area contributed by atoms with Gasteiger partial charge in [-0.05, 0) is 24.9 Å². The fraction of sp³-hybridized carbons (Fsp3) is 0.900. The van der Waals surface area contributed by atoms with Gasteiger partial charge in [0.1, 0.15) is 0 Å². The van der Waals surface area contributed by atoms with Crippen LogP contribution in [0.5, 0.6) is 0 Å². The summed E-state index contributed by atoms with van der Waals surface area (Å²) in [6.07, 6.45) is 0. The topological polar surface area (TPSA) is 47.6 Å². The average Bonchev–Trinajstić information content (AvgIpc) is 2.58. The van der Waals surface area contributed by atoms with Crippen LogP contribution in [0.15, 0.2) is 0 Å². The SMILES string of the molecule is COC[C@H]1[C@@H]2CNC[C@@H]2[C@H]1C(=O)OC. The number of esters is 1. The van der Waals surface area contributed by atoms with Crippen LogP contribution in [0.1, 0.15) is 0 Å². The standard InChI is InChI=1S/C10H17NO3/c1-13-5-8-6-3-11-4-7(6)9(8)10(12)14-2/h6-9,11H,3-5H2,1-2H3/t6-,7+,8+,9-/m1/s1. The Bertz CT molecular complexity index is 231. The van der Waals surface area contributed by atoms with Gasteiger partial charge in [0.05, 0.1) is 19.6 Å². The zero-order valence-electron chi connectivity index (χ0n) is 8.66. The number of hydrogen-bond acceptors (Lipinski definition) is 4. The van der Waals surface area contributed by atoms with Crippen molar-refractivity contribution in [3.8, 4) is 0 Å². The lowest BCUT2D eigenvalue weighted by Gasteiger charge is -2.46. The van der Waals surface area contributed by atoms with Crippen molar-refractivity contribution in [3.05, 3.63) is 0 Å². The zero-order valence-corrected chi connectivity index (χ0v) is 8.66. The van der Waals surface area contributed by atoms with Gasteiger partial charge in [-0.25, -0.2) is 0 Å². The molecule has 1 aliphatic heterocycles. The minimum absolute atomic E-state index is 0.0555. The molecule has 1 heterocycles. The van der Waals surface area contributed by atoms with E-state index in [-0.39, 0.29) is 11.9 Å². The van der Waals surface area contributed by atoms with Crippen LogP contribution in [-0.4, -0.2) is 39.9 Å². The van der Waals surface area contributed by atoms with Gasteiger partial charge in [-0.3, -0.25) is 4.79 Å². The Kier molecular flexibility index (Phi) is 2.74. The van der Waals surface area contributed by atoms with Crippen LogP contribution in [0.25, 0.3) is 0 Å². The monoisotopic (exact) mass is 199 g/mol. The molecule has 1 saturated heterocycles. The molecule has 0 amide bonds. The van der Waals surface area contributed by atoms with E-state index in [2.05, 4.69) is 5.32 Å². The molecule has 14 heavy (non-hydrogen) atoms. The van der Waals surface area contributed by atoms with E-state index in [9.17, 15) is 4.79 Å². The number of methoxy groups -OCH3 is 2. The van der Waals surface area contributed by atoms with E-state index in [0.29, 0.717) is 24.4 Å². The Morgan fingerprint density at radius 2 is 2.07 bits per heavy atom. The first-order valence-corrected chi connectivity index (χ1v) is 5.07. The molecule has 4 heteroatoms. The minimum atomic E-state index is -0.0722. The maximum absolute atomic E-state index is 11.5. The molecule has 0 aromatic rings. The van der Waals surface area contributed by atoms with Crippen LogP contribution in [0.2, 0.25) is 0 Å². The fourth-order valence-electron chi connectivity index (χ4n) is 2.93. The summed E-state index contributed by atoms with van der Waals surface area (Å²) in [4.78, 5) is 11.5. The molecular formula is C10H17NO3. The lowest BCUT2D eigenvalue weighted by Crippen LogP contribution is -2.52. The van der Waals surface area contributed by atoms with E-state index in [1.807, 2.05) is 0 Å². The fourth-order valence-corrected chi connectivity index (χ4v) is 2.93. The largest absolute Gasteiger partial charge is 0.469 e. The van der Waals surface area contributed by atoms with Crippen molar-refractivity contribution in [2.75, 3.05) is 33.9 Å². The maximum Gasteiger partial charge on any atom is 0.309 e. The highest BCUT2D eigenvalue weighted by Crippen LogP contribution is 2.48. The van der Waals surface area contributed by atoms with Gasteiger partial charge >= 0.3 is 5.97 Å². The summed E-state index contributed by atoms with van der Waals surface area (Å²) in [7, 11) is 3.14. The Balaban J connectivity index is 2.03. The molecule has 2 rings (SSSR count).